The first-order valence-corrected chi connectivity index (χ1v) is 7.24. The highest BCUT2D eigenvalue weighted by atomic mass is 16.4. The van der Waals surface area contributed by atoms with Gasteiger partial charge in [0.2, 0.25) is 5.91 Å². The van der Waals surface area contributed by atoms with Crippen molar-refractivity contribution in [2.24, 2.45) is 5.41 Å². The second-order valence-corrected chi connectivity index (χ2v) is 5.83. The first kappa shape index (κ1) is 17.3. The second kappa shape index (κ2) is 6.78. The van der Waals surface area contributed by atoms with Gasteiger partial charge in [-0.05, 0) is 27.2 Å². The van der Waals surface area contributed by atoms with E-state index in [-0.39, 0.29) is 24.4 Å². The molecule has 0 radical (unpaired) electrons. The van der Waals surface area contributed by atoms with Crippen molar-refractivity contribution in [3.8, 4) is 0 Å². The van der Waals surface area contributed by atoms with Gasteiger partial charge in [-0.2, -0.15) is 0 Å². The number of aliphatic carboxylic acids is 1. The van der Waals surface area contributed by atoms with E-state index in [1.54, 1.807) is 23.8 Å². The Bertz CT molecular complexity index is 426. The van der Waals surface area contributed by atoms with Crippen molar-refractivity contribution >= 4 is 17.9 Å². The first-order valence-electron chi connectivity index (χ1n) is 7.24. The topological polar surface area (TPSA) is 90.0 Å². The van der Waals surface area contributed by atoms with E-state index in [9.17, 15) is 14.4 Å². The zero-order valence-electron chi connectivity index (χ0n) is 13.2. The van der Waals surface area contributed by atoms with Crippen LogP contribution in [0.3, 0.4) is 0 Å². The molecule has 0 aromatic heterocycles. The third-order valence-corrected chi connectivity index (χ3v) is 4.11. The summed E-state index contributed by atoms with van der Waals surface area (Å²) in [6.45, 7) is 6.71. The molecule has 120 valence electrons. The van der Waals surface area contributed by atoms with Crippen LogP contribution < -0.4 is 5.32 Å². The summed E-state index contributed by atoms with van der Waals surface area (Å²) in [5.41, 5.74) is -0.570. The number of carboxylic acids is 1. The molecule has 0 spiro atoms. The molecule has 2 unspecified atom stereocenters. The summed E-state index contributed by atoms with van der Waals surface area (Å²) in [7, 11) is 1.59. The summed E-state index contributed by atoms with van der Waals surface area (Å²) in [6.07, 6.45) is 0.531. The summed E-state index contributed by atoms with van der Waals surface area (Å²) in [5, 5.41) is 11.5. The molecule has 0 aromatic carbocycles. The molecule has 1 fully saturated rings. The predicted molar refractivity (Wildman–Crippen MR) is 77.9 cm³/mol. The number of nitrogens with one attached hydrogen (secondary N) is 1. The molecular formula is C14H25N3O4. The van der Waals surface area contributed by atoms with Gasteiger partial charge in [-0.15, -0.1) is 0 Å². The van der Waals surface area contributed by atoms with E-state index in [2.05, 4.69) is 5.32 Å². The van der Waals surface area contributed by atoms with Crippen LogP contribution in [0.1, 0.15) is 33.6 Å². The summed E-state index contributed by atoms with van der Waals surface area (Å²) in [5.74, 6) is -0.996. The largest absolute Gasteiger partial charge is 0.481 e. The fraction of sp³-hybridized carbons (Fsp3) is 0.786. The van der Waals surface area contributed by atoms with Crippen molar-refractivity contribution in [1.29, 1.82) is 0 Å². The highest BCUT2D eigenvalue weighted by Crippen LogP contribution is 2.31. The van der Waals surface area contributed by atoms with Crippen molar-refractivity contribution in [2.75, 3.05) is 26.7 Å². The Kier molecular flexibility index (Phi) is 5.57. The number of likely N-dealkylation sites (tertiary alicyclic amines) is 1. The average molecular weight is 299 g/mol. The lowest BCUT2D eigenvalue weighted by atomic mass is 9.89. The molecule has 3 amide bonds. The van der Waals surface area contributed by atoms with Gasteiger partial charge in [0, 0.05) is 32.7 Å². The van der Waals surface area contributed by atoms with Crippen LogP contribution in [0.4, 0.5) is 4.79 Å². The highest BCUT2D eigenvalue weighted by Gasteiger charge is 2.42. The van der Waals surface area contributed by atoms with Crippen LogP contribution in [0.5, 0.6) is 0 Å². The van der Waals surface area contributed by atoms with E-state index in [1.165, 1.54) is 0 Å². The van der Waals surface area contributed by atoms with Gasteiger partial charge in [-0.25, -0.2) is 4.79 Å². The monoisotopic (exact) mass is 299 g/mol. The van der Waals surface area contributed by atoms with Crippen LogP contribution in [0, 0.1) is 5.41 Å². The maximum atomic E-state index is 12.5. The highest BCUT2D eigenvalue weighted by molar-refractivity contribution is 5.84. The van der Waals surface area contributed by atoms with Crippen molar-refractivity contribution in [1.82, 2.24) is 15.1 Å². The van der Waals surface area contributed by atoms with Crippen LogP contribution in [0.25, 0.3) is 0 Å². The minimum Gasteiger partial charge on any atom is -0.481 e. The fourth-order valence-corrected chi connectivity index (χ4v) is 2.79. The van der Waals surface area contributed by atoms with Gasteiger partial charge >= 0.3 is 12.0 Å². The molecular weight excluding hydrogens is 274 g/mol. The van der Waals surface area contributed by atoms with Crippen molar-refractivity contribution in [3.05, 3.63) is 0 Å². The van der Waals surface area contributed by atoms with E-state index < -0.39 is 11.4 Å². The number of carboxylic acid groups (broad SMARTS) is 1. The number of carbonyl (C=O) groups is 3. The standard InChI is InChI=1S/C14H25N3O4/c1-5-17(10(2)8-11(18)19)13(21)16-7-6-14(3,9-16)12(20)15-4/h10H,5-9H2,1-4H3,(H,15,20)(H,18,19). The molecule has 0 saturated carbocycles. The van der Waals surface area contributed by atoms with Crippen LogP contribution in [0.2, 0.25) is 0 Å². The molecule has 2 atom stereocenters. The Morgan fingerprint density at radius 1 is 1.43 bits per heavy atom. The molecule has 2 N–H and O–H groups in total. The molecule has 21 heavy (non-hydrogen) atoms. The Balaban J connectivity index is 2.75. The molecule has 7 nitrogen and oxygen atoms in total. The normalized spacial score (nSPS) is 22.8. The maximum absolute atomic E-state index is 12.5. The van der Waals surface area contributed by atoms with Crippen molar-refractivity contribution in [2.45, 2.75) is 39.7 Å². The third-order valence-electron chi connectivity index (χ3n) is 4.11. The summed E-state index contributed by atoms with van der Waals surface area (Å²) >= 11 is 0. The lowest BCUT2D eigenvalue weighted by Crippen LogP contribution is -2.48. The van der Waals surface area contributed by atoms with Crippen LogP contribution >= 0.6 is 0 Å². The third kappa shape index (κ3) is 3.86. The number of carbonyl (C=O) groups excluding carboxylic acids is 2. The maximum Gasteiger partial charge on any atom is 0.320 e. The number of hydrogen-bond donors (Lipinski definition) is 2. The molecule has 1 rings (SSSR count). The lowest BCUT2D eigenvalue weighted by molar-refractivity contribution is -0.138. The van der Waals surface area contributed by atoms with E-state index in [0.717, 1.165) is 0 Å². The summed E-state index contributed by atoms with van der Waals surface area (Å²) in [6, 6.07) is -0.564. The summed E-state index contributed by atoms with van der Waals surface area (Å²) in [4.78, 5) is 38.4. The Morgan fingerprint density at radius 2 is 2.05 bits per heavy atom. The van der Waals surface area contributed by atoms with Gasteiger partial charge < -0.3 is 20.2 Å². The van der Waals surface area contributed by atoms with Gasteiger partial charge in [-0.1, -0.05) is 0 Å². The minimum atomic E-state index is -0.926. The fourth-order valence-electron chi connectivity index (χ4n) is 2.79. The molecule has 0 aromatic rings. The van der Waals surface area contributed by atoms with E-state index in [1.807, 2.05) is 13.8 Å². The first-order chi connectivity index (χ1) is 9.75. The average Bonchev–Trinajstić information content (AvgIpc) is 2.81. The lowest BCUT2D eigenvalue weighted by Gasteiger charge is -2.32. The van der Waals surface area contributed by atoms with Crippen molar-refractivity contribution in [3.63, 3.8) is 0 Å². The smallest absolute Gasteiger partial charge is 0.320 e. The number of amides is 3. The van der Waals surface area contributed by atoms with Gasteiger partial charge in [0.1, 0.15) is 0 Å². The van der Waals surface area contributed by atoms with Gasteiger partial charge in [0.15, 0.2) is 0 Å². The Labute approximate surface area is 125 Å². The molecule has 1 heterocycles. The molecule has 7 heteroatoms. The molecule has 1 saturated heterocycles. The number of nitrogens with zero attached hydrogens (tertiary/aromatic N) is 2. The predicted octanol–water partition coefficient (Wildman–Crippen LogP) is 0.750. The van der Waals surface area contributed by atoms with Crippen LogP contribution in [0.15, 0.2) is 0 Å². The zero-order chi connectivity index (χ0) is 16.2. The number of rotatable bonds is 5. The Morgan fingerprint density at radius 3 is 2.52 bits per heavy atom. The van der Waals surface area contributed by atoms with Gasteiger partial charge in [0.05, 0.1) is 11.8 Å². The quantitative estimate of drug-likeness (QED) is 0.784. The second-order valence-electron chi connectivity index (χ2n) is 5.83. The molecule has 1 aliphatic heterocycles. The van der Waals surface area contributed by atoms with E-state index in [4.69, 9.17) is 5.11 Å². The van der Waals surface area contributed by atoms with E-state index >= 15 is 0 Å². The SMILES string of the molecule is CCN(C(=O)N1CCC(C)(C(=O)NC)C1)C(C)CC(=O)O. The molecule has 0 bridgehead atoms. The van der Waals surface area contributed by atoms with E-state index in [0.29, 0.717) is 26.1 Å². The zero-order valence-corrected chi connectivity index (χ0v) is 13.2. The van der Waals surface area contributed by atoms with Crippen LogP contribution in [-0.2, 0) is 9.59 Å². The summed E-state index contributed by atoms with van der Waals surface area (Å²) < 4.78 is 0. The van der Waals surface area contributed by atoms with Crippen molar-refractivity contribution < 1.29 is 19.5 Å². The number of hydrogen-bond acceptors (Lipinski definition) is 3. The van der Waals surface area contributed by atoms with Gasteiger partial charge in [-0.3, -0.25) is 9.59 Å². The molecule has 1 aliphatic rings. The Hall–Kier alpha value is -1.79. The van der Waals surface area contributed by atoms with Gasteiger partial charge in [0.25, 0.3) is 0 Å². The minimum absolute atomic E-state index is 0.0700. The van der Waals surface area contributed by atoms with Crippen LogP contribution in [-0.4, -0.2) is 65.5 Å². The number of urea groups is 1. The molecule has 0 aliphatic carbocycles.